The Hall–Kier alpha value is -0.610. The highest BCUT2D eigenvalue weighted by atomic mass is 16.5. The molecule has 0 radical (unpaired) electrons. The number of nitrogens with one attached hydrogen (secondary N) is 1. The van der Waals surface area contributed by atoms with E-state index in [1.54, 1.807) is 0 Å². The maximum absolute atomic E-state index is 11.9. The van der Waals surface area contributed by atoms with Crippen LogP contribution in [0.25, 0.3) is 0 Å². The SMILES string of the molecule is CN(C(=O)[C@@H]1CNCCO1)C1CCC1. The molecule has 0 bridgehead atoms. The monoisotopic (exact) mass is 198 g/mol. The van der Waals surface area contributed by atoms with Gasteiger partial charge in [-0.3, -0.25) is 4.79 Å². The Morgan fingerprint density at radius 2 is 2.29 bits per heavy atom. The molecule has 0 spiro atoms. The van der Waals surface area contributed by atoms with Gasteiger partial charge in [0.1, 0.15) is 6.10 Å². The number of ether oxygens (including phenoxy) is 1. The number of carbonyl (C=O) groups excluding carboxylic acids is 1. The van der Waals surface area contributed by atoms with E-state index in [1.165, 1.54) is 6.42 Å². The highest BCUT2D eigenvalue weighted by Gasteiger charge is 2.31. The lowest BCUT2D eigenvalue weighted by Gasteiger charge is -2.37. The Morgan fingerprint density at radius 1 is 1.50 bits per heavy atom. The second-order valence-corrected chi connectivity index (χ2v) is 4.10. The average molecular weight is 198 g/mol. The van der Waals surface area contributed by atoms with Crippen LogP contribution in [0.2, 0.25) is 0 Å². The predicted molar refractivity (Wildman–Crippen MR) is 53.0 cm³/mol. The fraction of sp³-hybridized carbons (Fsp3) is 0.900. The first-order valence-electron chi connectivity index (χ1n) is 5.38. The van der Waals surface area contributed by atoms with Crippen molar-refractivity contribution in [3.05, 3.63) is 0 Å². The van der Waals surface area contributed by atoms with Crippen molar-refractivity contribution in [3.63, 3.8) is 0 Å². The van der Waals surface area contributed by atoms with Crippen molar-refractivity contribution in [2.45, 2.75) is 31.4 Å². The maximum Gasteiger partial charge on any atom is 0.253 e. The molecule has 1 aliphatic heterocycles. The molecule has 0 unspecified atom stereocenters. The fourth-order valence-electron chi connectivity index (χ4n) is 1.91. The van der Waals surface area contributed by atoms with Crippen molar-refractivity contribution < 1.29 is 9.53 Å². The number of rotatable bonds is 2. The summed E-state index contributed by atoms with van der Waals surface area (Å²) in [6.45, 7) is 2.17. The van der Waals surface area contributed by atoms with Gasteiger partial charge < -0.3 is 15.0 Å². The molecular weight excluding hydrogens is 180 g/mol. The molecule has 4 heteroatoms. The van der Waals surface area contributed by atoms with Crippen LogP contribution in [0.15, 0.2) is 0 Å². The van der Waals surface area contributed by atoms with Crippen LogP contribution in [-0.4, -0.2) is 49.7 Å². The van der Waals surface area contributed by atoms with E-state index in [2.05, 4.69) is 5.32 Å². The van der Waals surface area contributed by atoms with Crippen molar-refractivity contribution in [1.82, 2.24) is 10.2 Å². The number of nitrogens with zero attached hydrogens (tertiary/aromatic N) is 1. The van der Waals surface area contributed by atoms with Gasteiger partial charge in [-0.1, -0.05) is 0 Å². The molecule has 1 amide bonds. The van der Waals surface area contributed by atoms with E-state index < -0.39 is 0 Å². The summed E-state index contributed by atoms with van der Waals surface area (Å²) in [7, 11) is 1.89. The van der Waals surface area contributed by atoms with E-state index in [0.717, 1.165) is 19.4 Å². The first-order chi connectivity index (χ1) is 6.79. The van der Waals surface area contributed by atoms with Crippen LogP contribution in [0.4, 0.5) is 0 Å². The summed E-state index contributed by atoms with van der Waals surface area (Å²) in [6, 6.07) is 0.466. The van der Waals surface area contributed by atoms with Gasteiger partial charge in [-0.25, -0.2) is 0 Å². The van der Waals surface area contributed by atoms with Crippen LogP contribution in [0.1, 0.15) is 19.3 Å². The summed E-state index contributed by atoms with van der Waals surface area (Å²) in [5.41, 5.74) is 0. The van der Waals surface area contributed by atoms with Gasteiger partial charge in [0.05, 0.1) is 6.61 Å². The lowest BCUT2D eigenvalue weighted by atomic mass is 9.91. The summed E-state index contributed by atoms with van der Waals surface area (Å²) in [6.07, 6.45) is 3.31. The van der Waals surface area contributed by atoms with Crippen LogP contribution < -0.4 is 5.32 Å². The molecule has 4 nitrogen and oxygen atoms in total. The minimum atomic E-state index is -0.255. The van der Waals surface area contributed by atoms with Crippen LogP contribution in [0, 0.1) is 0 Å². The first kappa shape index (κ1) is 9.93. The van der Waals surface area contributed by atoms with Crippen LogP contribution in [0.3, 0.4) is 0 Å². The lowest BCUT2D eigenvalue weighted by molar-refractivity contribution is -0.147. The first-order valence-corrected chi connectivity index (χ1v) is 5.38. The summed E-state index contributed by atoms with van der Waals surface area (Å²) in [4.78, 5) is 13.8. The summed E-state index contributed by atoms with van der Waals surface area (Å²) in [5.74, 6) is 0.141. The molecule has 2 rings (SSSR count). The third-order valence-corrected chi connectivity index (χ3v) is 3.17. The second kappa shape index (κ2) is 4.28. The zero-order valence-electron chi connectivity index (χ0n) is 8.66. The van der Waals surface area contributed by atoms with Crippen LogP contribution in [0.5, 0.6) is 0 Å². The molecule has 2 aliphatic rings. The molecule has 1 aliphatic carbocycles. The maximum atomic E-state index is 11.9. The van der Waals surface area contributed by atoms with E-state index in [0.29, 0.717) is 19.2 Å². The van der Waals surface area contributed by atoms with Crippen molar-refractivity contribution in [3.8, 4) is 0 Å². The van der Waals surface area contributed by atoms with Crippen molar-refractivity contribution in [2.75, 3.05) is 26.7 Å². The van der Waals surface area contributed by atoms with Crippen molar-refractivity contribution in [2.24, 2.45) is 0 Å². The minimum Gasteiger partial charge on any atom is -0.366 e. The standard InChI is InChI=1S/C10H18N2O2/c1-12(8-3-2-4-8)10(13)9-7-11-5-6-14-9/h8-9,11H,2-7H2,1H3/t9-/m0/s1. The van der Waals surface area contributed by atoms with Crippen LogP contribution >= 0.6 is 0 Å². The molecule has 0 aromatic rings. The largest absolute Gasteiger partial charge is 0.366 e. The van der Waals surface area contributed by atoms with Crippen LogP contribution in [-0.2, 0) is 9.53 Å². The summed E-state index contributed by atoms with van der Waals surface area (Å²) < 4.78 is 5.43. The van der Waals surface area contributed by atoms with E-state index in [9.17, 15) is 4.79 Å². The zero-order chi connectivity index (χ0) is 9.97. The van der Waals surface area contributed by atoms with E-state index in [4.69, 9.17) is 4.74 Å². The molecule has 1 heterocycles. The van der Waals surface area contributed by atoms with Gasteiger partial charge in [-0.05, 0) is 19.3 Å². The average Bonchev–Trinajstić information content (AvgIpc) is 2.15. The molecule has 0 aromatic carbocycles. The van der Waals surface area contributed by atoms with Gasteiger partial charge in [0.15, 0.2) is 0 Å². The quantitative estimate of drug-likeness (QED) is 0.678. The molecule has 80 valence electrons. The Kier molecular flexibility index (Phi) is 3.03. The van der Waals surface area contributed by atoms with Crippen molar-refractivity contribution in [1.29, 1.82) is 0 Å². The lowest BCUT2D eigenvalue weighted by Crippen LogP contribution is -2.52. The number of carbonyl (C=O) groups is 1. The molecule has 0 aromatic heterocycles. The van der Waals surface area contributed by atoms with Gasteiger partial charge in [0.2, 0.25) is 0 Å². The van der Waals surface area contributed by atoms with Gasteiger partial charge >= 0.3 is 0 Å². The molecule has 1 atom stereocenters. The van der Waals surface area contributed by atoms with E-state index in [1.807, 2.05) is 11.9 Å². The molecular formula is C10H18N2O2. The Balaban J connectivity index is 1.85. The topological polar surface area (TPSA) is 41.6 Å². The van der Waals surface area contributed by atoms with Gasteiger partial charge in [-0.15, -0.1) is 0 Å². The zero-order valence-corrected chi connectivity index (χ0v) is 8.66. The fourth-order valence-corrected chi connectivity index (χ4v) is 1.91. The highest BCUT2D eigenvalue weighted by molar-refractivity contribution is 5.81. The second-order valence-electron chi connectivity index (χ2n) is 4.10. The van der Waals surface area contributed by atoms with Gasteiger partial charge in [-0.2, -0.15) is 0 Å². The molecule has 1 N–H and O–H groups in total. The molecule has 1 saturated heterocycles. The Bertz CT molecular complexity index is 206. The smallest absolute Gasteiger partial charge is 0.253 e. The van der Waals surface area contributed by atoms with Crippen molar-refractivity contribution >= 4 is 5.91 Å². The van der Waals surface area contributed by atoms with Gasteiger partial charge in [0, 0.05) is 26.2 Å². The molecule has 2 fully saturated rings. The number of hydrogen-bond acceptors (Lipinski definition) is 3. The number of likely N-dealkylation sites (N-methyl/N-ethyl adjacent to an activating group) is 1. The normalized spacial score (nSPS) is 28.2. The number of morpholine rings is 1. The Labute approximate surface area is 84.6 Å². The van der Waals surface area contributed by atoms with E-state index >= 15 is 0 Å². The Morgan fingerprint density at radius 3 is 2.79 bits per heavy atom. The van der Waals surface area contributed by atoms with Gasteiger partial charge in [0.25, 0.3) is 5.91 Å². The highest BCUT2D eigenvalue weighted by Crippen LogP contribution is 2.24. The molecule has 14 heavy (non-hydrogen) atoms. The minimum absolute atomic E-state index is 0.141. The number of hydrogen-bond donors (Lipinski definition) is 1. The number of amides is 1. The third kappa shape index (κ3) is 1.91. The summed E-state index contributed by atoms with van der Waals surface area (Å²) >= 11 is 0. The van der Waals surface area contributed by atoms with E-state index in [-0.39, 0.29) is 12.0 Å². The molecule has 1 saturated carbocycles. The predicted octanol–water partition coefficient (Wildman–Crippen LogP) is -0.0143. The third-order valence-electron chi connectivity index (χ3n) is 3.17. The summed E-state index contributed by atoms with van der Waals surface area (Å²) in [5, 5.41) is 3.17.